The third kappa shape index (κ3) is 1.99. The number of aromatic nitrogens is 1. The maximum atomic E-state index is 5.30. The number of hydrogen-bond donors (Lipinski definition) is 0. The maximum Gasteiger partial charge on any atom is 0.256 e. The van der Waals surface area contributed by atoms with Crippen molar-refractivity contribution in [3.8, 4) is 5.88 Å². The average Bonchev–Trinajstić information content (AvgIpc) is 2.91. The van der Waals surface area contributed by atoms with Gasteiger partial charge >= 0.3 is 0 Å². The number of fused-ring (bicyclic) bond motifs is 1. The van der Waals surface area contributed by atoms with Crippen molar-refractivity contribution in [3.63, 3.8) is 0 Å². The summed E-state index contributed by atoms with van der Waals surface area (Å²) in [6.45, 7) is 1.42. The molecule has 94 valence electrons. The van der Waals surface area contributed by atoms with E-state index >= 15 is 0 Å². The minimum atomic E-state index is -0.266. The first-order valence-electron chi connectivity index (χ1n) is 5.79. The van der Waals surface area contributed by atoms with Gasteiger partial charge in [0.15, 0.2) is 0 Å². The minimum Gasteiger partial charge on any atom is -0.481 e. The minimum absolute atomic E-state index is 0.266. The molecule has 0 fully saturated rings. The Balaban J connectivity index is 1.83. The van der Waals surface area contributed by atoms with Gasteiger partial charge in [0, 0.05) is 18.2 Å². The van der Waals surface area contributed by atoms with Crippen molar-refractivity contribution in [2.75, 3.05) is 25.1 Å². The molecule has 0 spiro atoms. The lowest BCUT2D eigenvalue weighted by Gasteiger charge is -2.28. The predicted octanol–water partition coefficient (Wildman–Crippen LogP) is 1.77. The van der Waals surface area contributed by atoms with Gasteiger partial charge < -0.3 is 19.1 Å². The molecule has 0 bridgehead atoms. The molecule has 3 rings (SSSR count). The second-order valence-electron chi connectivity index (χ2n) is 4.05. The Morgan fingerprint density at radius 3 is 3.00 bits per heavy atom. The van der Waals surface area contributed by atoms with Crippen LogP contribution in [-0.2, 0) is 9.47 Å². The summed E-state index contributed by atoms with van der Waals surface area (Å²) < 4.78 is 15.8. The Hall–Kier alpha value is -2.17. The van der Waals surface area contributed by atoms with Gasteiger partial charge in [0.05, 0.1) is 13.7 Å². The zero-order chi connectivity index (χ0) is 12.4. The van der Waals surface area contributed by atoms with Gasteiger partial charge in [-0.25, -0.2) is 0 Å². The lowest BCUT2D eigenvalue weighted by atomic mass is 10.1. The number of hydrogen-bond acceptors (Lipinski definition) is 5. The van der Waals surface area contributed by atoms with Crippen molar-refractivity contribution in [1.82, 2.24) is 4.98 Å². The van der Waals surface area contributed by atoms with E-state index in [0.717, 1.165) is 17.9 Å². The molecule has 0 aliphatic carbocycles. The quantitative estimate of drug-likeness (QED) is 0.813. The predicted molar refractivity (Wildman–Crippen MR) is 67.1 cm³/mol. The van der Waals surface area contributed by atoms with Crippen LogP contribution in [-0.4, -0.2) is 31.5 Å². The van der Waals surface area contributed by atoms with E-state index in [2.05, 4.69) is 22.0 Å². The molecule has 5 nitrogen and oxygen atoms in total. The molecule has 18 heavy (non-hydrogen) atoms. The Morgan fingerprint density at radius 2 is 2.22 bits per heavy atom. The fourth-order valence-electron chi connectivity index (χ4n) is 2.03. The monoisotopic (exact) mass is 246 g/mol. The van der Waals surface area contributed by atoms with Crippen LogP contribution in [0.2, 0.25) is 0 Å². The third-order valence-electron chi connectivity index (χ3n) is 2.90. The standard InChI is InChI=1S/C13H14N2O3/c1-16-11-5-4-10-3-2-6-15(13(10)14-11)9-12-17-7-8-18-12/h2-5,7-8,12H,6,9H2,1H3. The molecule has 1 aromatic heterocycles. The molecule has 2 aliphatic heterocycles. The second-order valence-corrected chi connectivity index (χ2v) is 4.05. The van der Waals surface area contributed by atoms with Crippen molar-refractivity contribution in [1.29, 1.82) is 0 Å². The zero-order valence-electron chi connectivity index (χ0n) is 10.1. The Bertz CT molecular complexity index is 491. The number of ether oxygens (including phenoxy) is 3. The summed E-state index contributed by atoms with van der Waals surface area (Å²) >= 11 is 0. The SMILES string of the molecule is COc1ccc2c(n1)N(CC1OC=CO1)CC=C2. The summed E-state index contributed by atoms with van der Waals surface area (Å²) in [7, 11) is 1.62. The van der Waals surface area contributed by atoms with Gasteiger partial charge in [-0.15, -0.1) is 0 Å². The summed E-state index contributed by atoms with van der Waals surface area (Å²) in [5.41, 5.74) is 1.08. The van der Waals surface area contributed by atoms with Crippen molar-refractivity contribution in [2.45, 2.75) is 6.29 Å². The van der Waals surface area contributed by atoms with Gasteiger partial charge in [0.1, 0.15) is 18.3 Å². The van der Waals surface area contributed by atoms with E-state index in [4.69, 9.17) is 14.2 Å². The number of anilines is 1. The molecule has 2 aliphatic rings. The van der Waals surface area contributed by atoms with Gasteiger partial charge in [-0.1, -0.05) is 12.2 Å². The molecule has 0 amide bonds. The second kappa shape index (κ2) is 4.60. The highest BCUT2D eigenvalue weighted by Gasteiger charge is 2.22. The van der Waals surface area contributed by atoms with E-state index < -0.39 is 0 Å². The number of rotatable bonds is 3. The fraction of sp³-hybridized carbons (Fsp3) is 0.308. The van der Waals surface area contributed by atoms with E-state index in [9.17, 15) is 0 Å². The van der Waals surface area contributed by atoms with Crippen LogP contribution in [0.1, 0.15) is 5.56 Å². The van der Waals surface area contributed by atoms with Crippen molar-refractivity contribution in [3.05, 3.63) is 36.3 Å². The van der Waals surface area contributed by atoms with E-state index in [1.165, 1.54) is 0 Å². The molecule has 5 heteroatoms. The van der Waals surface area contributed by atoms with Crippen molar-refractivity contribution < 1.29 is 14.2 Å². The molecule has 0 radical (unpaired) electrons. The van der Waals surface area contributed by atoms with Crippen molar-refractivity contribution >= 4 is 11.9 Å². The molecule has 0 saturated carbocycles. The molecular weight excluding hydrogens is 232 g/mol. The zero-order valence-corrected chi connectivity index (χ0v) is 10.1. The van der Waals surface area contributed by atoms with E-state index in [0.29, 0.717) is 12.4 Å². The summed E-state index contributed by atoms with van der Waals surface area (Å²) in [5.74, 6) is 1.51. The molecule has 0 atom stereocenters. The highest BCUT2D eigenvalue weighted by molar-refractivity contribution is 5.68. The number of nitrogens with zero attached hydrogens (tertiary/aromatic N) is 2. The highest BCUT2D eigenvalue weighted by atomic mass is 16.7. The van der Waals surface area contributed by atoms with Crippen LogP contribution in [0.25, 0.3) is 6.08 Å². The Morgan fingerprint density at radius 1 is 1.39 bits per heavy atom. The first-order valence-corrected chi connectivity index (χ1v) is 5.79. The third-order valence-corrected chi connectivity index (χ3v) is 2.90. The molecule has 0 unspecified atom stereocenters. The topological polar surface area (TPSA) is 43.8 Å². The van der Waals surface area contributed by atoms with Crippen molar-refractivity contribution in [2.24, 2.45) is 0 Å². The van der Waals surface area contributed by atoms with E-state index in [1.54, 1.807) is 19.6 Å². The molecule has 3 heterocycles. The molecule has 0 aromatic carbocycles. The Labute approximate surface area is 105 Å². The smallest absolute Gasteiger partial charge is 0.256 e. The van der Waals surface area contributed by atoms with Crippen LogP contribution in [0.5, 0.6) is 5.88 Å². The summed E-state index contributed by atoms with van der Waals surface area (Å²) in [4.78, 5) is 6.58. The van der Waals surface area contributed by atoms with Gasteiger partial charge in [-0.3, -0.25) is 0 Å². The van der Waals surface area contributed by atoms with Crippen LogP contribution < -0.4 is 9.64 Å². The van der Waals surface area contributed by atoms with Crippen LogP contribution in [0, 0.1) is 0 Å². The lowest BCUT2D eigenvalue weighted by molar-refractivity contribution is -0.0149. The van der Waals surface area contributed by atoms with Crippen LogP contribution in [0.4, 0.5) is 5.82 Å². The van der Waals surface area contributed by atoms with Gasteiger partial charge in [0.25, 0.3) is 6.29 Å². The van der Waals surface area contributed by atoms with E-state index in [1.807, 2.05) is 12.1 Å². The average molecular weight is 246 g/mol. The van der Waals surface area contributed by atoms with Gasteiger partial charge in [-0.2, -0.15) is 4.98 Å². The van der Waals surface area contributed by atoms with Crippen LogP contribution in [0.3, 0.4) is 0 Å². The largest absolute Gasteiger partial charge is 0.481 e. The normalized spacial score (nSPS) is 17.3. The molecular formula is C13H14N2O3. The lowest BCUT2D eigenvalue weighted by Crippen LogP contribution is -2.35. The van der Waals surface area contributed by atoms with Crippen LogP contribution in [0.15, 0.2) is 30.7 Å². The first-order chi connectivity index (χ1) is 8.86. The summed E-state index contributed by atoms with van der Waals surface area (Å²) in [6.07, 6.45) is 7.01. The van der Waals surface area contributed by atoms with Gasteiger partial charge in [0.2, 0.25) is 5.88 Å². The molecule has 0 saturated heterocycles. The Kier molecular flexibility index (Phi) is 2.80. The van der Waals surface area contributed by atoms with Crippen LogP contribution >= 0.6 is 0 Å². The summed E-state index contributed by atoms with van der Waals surface area (Å²) in [6, 6.07) is 3.86. The molecule has 1 aromatic rings. The fourth-order valence-corrected chi connectivity index (χ4v) is 2.03. The maximum absolute atomic E-state index is 5.30. The van der Waals surface area contributed by atoms with Gasteiger partial charge in [-0.05, 0) is 6.07 Å². The first kappa shape index (κ1) is 11.0. The summed E-state index contributed by atoms with van der Waals surface area (Å²) in [5, 5.41) is 0. The highest BCUT2D eigenvalue weighted by Crippen LogP contribution is 2.27. The number of pyridine rings is 1. The number of methoxy groups -OCH3 is 1. The van der Waals surface area contributed by atoms with E-state index in [-0.39, 0.29) is 6.29 Å². The molecule has 0 N–H and O–H groups in total.